The summed E-state index contributed by atoms with van der Waals surface area (Å²) in [4.78, 5) is 14.7. The first-order valence-electron chi connectivity index (χ1n) is 9.09. The molecular formula is C21H26N2O3. The molecule has 0 spiro atoms. The first-order chi connectivity index (χ1) is 12.6. The zero-order valence-electron chi connectivity index (χ0n) is 15.6. The highest BCUT2D eigenvalue weighted by molar-refractivity contribution is 6.02. The number of hydrogen-bond donors (Lipinski definition) is 1. The Morgan fingerprint density at radius 3 is 2.46 bits per heavy atom. The molecular weight excluding hydrogens is 328 g/mol. The van der Waals surface area contributed by atoms with E-state index in [1.165, 1.54) is 0 Å². The molecule has 0 saturated heterocycles. The van der Waals surface area contributed by atoms with Crippen LogP contribution in [0, 0.1) is 0 Å². The third-order valence-corrected chi connectivity index (χ3v) is 4.92. The maximum absolute atomic E-state index is 12.9. The third kappa shape index (κ3) is 3.27. The number of ether oxygens (including phenoxy) is 2. The van der Waals surface area contributed by atoms with E-state index in [0.717, 1.165) is 23.4 Å². The molecule has 1 aliphatic rings. The second kappa shape index (κ2) is 7.79. The predicted molar refractivity (Wildman–Crippen MR) is 103 cm³/mol. The Morgan fingerprint density at radius 2 is 1.77 bits per heavy atom. The first-order valence-corrected chi connectivity index (χ1v) is 9.09. The molecule has 2 aromatic rings. The largest absolute Gasteiger partial charge is 0.491 e. The Kier molecular flexibility index (Phi) is 5.47. The number of para-hydroxylation sites is 1. The number of anilines is 1. The van der Waals surface area contributed by atoms with Gasteiger partial charge in [0.15, 0.2) is 0 Å². The zero-order valence-corrected chi connectivity index (χ0v) is 15.6. The summed E-state index contributed by atoms with van der Waals surface area (Å²) in [7, 11) is 1.85. The lowest BCUT2D eigenvalue weighted by Gasteiger charge is -2.46. The quantitative estimate of drug-likeness (QED) is 0.767. The molecule has 1 heterocycles. The highest BCUT2D eigenvalue weighted by Crippen LogP contribution is 2.39. The van der Waals surface area contributed by atoms with Crippen LogP contribution in [0.25, 0.3) is 0 Å². The van der Waals surface area contributed by atoms with Crippen molar-refractivity contribution in [3.8, 4) is 5.75 Å². The van der Waals surface area contributed by atoms with Crippen LogP contribution in [0.5, 0.6) is 5.75 Å². The lowest BCUT2D eigenvalue weighted by Crippen LogP contribution is -2.55. The molecule has 3 rings (SSSR count). The van der Waals surface area contributed by atoms with Crippen LogP contribution in [0.2, 0.25) is 0 Å². The molecule has 1 aliphatic heterocycles. The maximum Gasteiger partial charge on any atom is 0.257 e. The van der Waals surface area contributed by atoms with Gasteiger partial charge in [0.2, 0.25) is 0 Å². The monoisotopic (exact) mass is 354 g/mol. The lowest BCUT2D eigenvalue weighted by molar-refractivity contribution is 0.0572. The van der Waals surface area contributed by atoms with Gasteiger partial charge in [-0.15, -0.1) is 0 Å². The molecule has 0 saturated carbocycles. The highest BCUT2D eigenvalue weighted by Gasteiger charge is 2.42. The molecule has 5 heteroatoms. The summed E-state index contributed by atoms with van der Waals surface area (Å²) in [5, 5.41) is 3.58. The van der Waals surface area contributed by atoms with Crippen LogP contribution < -0.4 is 10.1 Å². The minimum Gasteiger partial charge on any atom is -0.491 e. The third-order valence-electron chi connectivity index (χ3n) is 4.92. The van der Waals surface area contributed by atoms with Crippen molar-refractivity contribution < 1.29 is 14.3 Å². The molecule has 0 aliphatic carbocycles. The Labute approximate surface area is 154 Å². The molecule has 26 heavy (non-hydrogen) atoms. The smallest absolute Gasteiger partial charge is 0.257 e. The van der Waals surface area contributed by atoms with Gasteiger partial charge < -0.3 is 19.7 Å². The van der Waals surface area contributed by atoms with E-state index in [2.05, 4.69) is 12.2 Å². The Hall–Kier alpha value is -2.53. The van der Waals surface area contributed by atoms with E-state index >= 15 is 0 Å². The van der Waals surface area contributed by atoms with E-state index in [9.17, 15) is 4.79 Å². The number of benzene rings is 2. The van der Waals surface area contributed by atoms with Crippen LogP contribution in [0.3, 0.4) is 0 Å². The van der Waals surface area contributed by atoms with E-state index in [1.54, 1.807) is 4.90 Å². The molecule has 2 aromatic carbocycles. The number of carbonyl (C=O) groups is 1. The van der Waals surface area contributed by atoms with Crippen molar-refractivity contribution in [2.45, 2.75) is 25.9 Å². The molecule has 0 bridgehead atoms. The standard InChI is InChI=1S/C21H26N2O3/c1-4-21(16-10-12-17(13-11-16)26-15-14-25-5-2)22-19-9-7-6-8-18(19)20(24)23(21)3/h6-13,22H,4-5,14-15H2,1-3H3. The van der Waals surface area contributed by atoms with Crippen molar-refractivity contribution in [3.63, 3.8) is 0 Å². The number of nitrogens with one attached hydrogen (secondary N) is 1. The minimum absolute atomic E-state index is 0.0261. The van der Waals surface area contributed by atoms with Gasteiger partial charge in [-0.05, 0) is 43.2 Å². The Balaban J connectivity index is 1.85. The highest BCUT2D eigenvalue weighted by atomic mass is 16.5. The Morgan fingerprint density at radius 1 is 1.04 bits per heavy atom. The summed E-state index contributed by atoms with van der Waals surface area (Å²) in [6.45, 7) is 5.83. The maximum atomic E-state index is 12.9. The van der Waals surface area contributed by atoms with Crippen molar-refractivity contribution in [3.05, 3.63) is 59.7 Å². The summed E-state index contributed by atoms with van der Waals surface area (Å²) < 4.78 is 11.0. The van der Waals surface area contributed by atoms with E-state index in [1.807, 2.05) is 62.5 Å². The van der Waals surface area contributed by atoms with Gasteiger partial charge >= 0.3 is 0 Å². The van der Waals surface area contributed by atoms with Gasteiger partial charge in [0.05, 0.1) is 12.2 Å². The fourth-order valence-electron chi connectivity index (χ4n) is 3.42. The average Bonchev–Trinajstić information content (AvgIpc) is 2.69. The molecule has 5 nitrogen and oxygen atoms in total. The van der Waals surface area contributed by atoms with Crippen LogP contribution in [0.15, 0.2) is 48.5 Å². The van der Waals surface area contributed by atoms with Gasteiger partial charge in [0.25, 0.3) is 5.91 Å². The predicted octanol–water partition coefficient (Wildman–Crippen LogP) is 3.86. The van der Waals surface area contributed by atoms with Gasteiger partial charge in [-0.2, -0.15) is 0 Å². The second-order valence-corrected chi connectivity index (χ2v) is 6.32. The van der Waals surface area contributed by atoms with Crippen molar-refractivity contribution >= 4 is 11.6 Å². The molecule has 1 atom stereocenters. The second-order valence-electron chi connectivity index (χ2n) is 6.32. The topological polar surface area (TPSA) is 50.8 Å². The van der Waals surface area contributed by atoms with Crippen molar-refractivity contribution in [2.75, 3.05) is 32.2 Å². The van der Waals surface area contributed by atoms with Gasteiger partial charge in [0.1, 0.15) is 18.0 Å². The molecule has 1 amide bonds. The average molecular weight is 354 g/mol. The molecule has 1 N–H and O–H groups in total. The van der Waals surface area contributed by atoms with E-state index in [4.69, 9.17) is 9.47 Å². The van der Waals surface area contributed by atoms with E-state index in [-0.39, 0.29) is 5.91 Å². The molecule has 0 fully saturated rings. The normalized spacial score (nSPS) is 19.0. The summed E-state index contributed by atoms with van der Waals surface area (Å²) in [5.41, 5.74) is 2.03. The van der Waals surface area contributed by atoms with Gasteiger partial charge in [-0.3, -0.25) is 4.79 Å². The van der Waals surface area contributed by atoms with Gasteiger partial charge in [-0.25, -0.2) is 0 Å². The number of hydrogen-bond acceptors (Lipinski definition) is 4. The first kappa shape index (κ1) is 18.3. The van der Waals surface area contributed by atoms with Crippen LogP contribution in [0.1, 0.15) is 36.2 Å². The SMILES string of the molecule is CCOCCOc1ccc(C2(CC)Nc3ccccc3C(=O)N2C)cc1. The summed E-state index contributed by atoms with van der Waals surface area (Å²) in [6, 6.07) is 15.6. The molecule has 138 valence electrons. The number of amides is 1. The van der Waals surface area contributed by atoms with Crippen molar-refractivity contribution in [2.24, 2.45) is 0 Å². The summed E-state index contributed by atoms with van der Waals surface area (Å²) >= 11 is 0. The molecule has 1 unspecified atom stereocenters. The molecule has 0 radical (unpaired) electrons. The van der Waals surface area contributed by atoms with Gasteiger partial charge in [-0.1, -0.05) is 31.2 Å². The number of fused-ring (bicyclic) bond motifs is 1. The van der Waals surface area contributed by atoms with Crippen LogP contribution in [-0.2, 0) is 10.4 Å². The number of carbonyl (C=O) groups excluding carboxylic acids is 1. The van der Waals surface area contributed by atoms with Gasteiger partial charge in [0, 0.05) is 19.3 Å². The summed E-state index contributed by atoms with van der Waals surface area (Å²) in [6.07, 6.45) is 0.744. The molecule has 0 aromatic heterocycles. The fraction of sp³-hybridized carbons (Fsp3) is 0.381. The number of rotatable bonds is 7. The van der Waals surface area contributed by atoms with E-state index in [0.29, 0.717) is 25.4 Å². The van der Waals surface area contributed by atoms with E-state index < -0.39 is 5.66 Å². The minimum atomic E-state index is -0.574. The fourth-order valence-corrected chi connectivity index (χ4v) is 3.42. The zero-order chi connectivity index (χ0) is 18.6. The van der Waals surface area contributed by atoms with Crippen molar-refractivity contribution in [1.82, 2.24) is 4.90 Å². The summed E-state index contributed by atoms with van der Waals surface area (Å²) in [5.74, 6) is 0.822. The van der Waals surface area contributed by atoms with Crippen molar-refractivity contribution in [1.29, 1.82) is 0 Å². The Bertz CT molecular complexity index is 760. The number of nitrogens with zero attached hydrogens (tertiary/aromatic N) is 1. The lowest BCUT2D eigenvalue weighted by atomic mass is 9.90. The van der Waals surface area contributed by atoms with Crippen LogP contribution in [-0.4, -0.2) is 37.7 Å². The van der Waals surface area contributed by atoms with Crippen LogP contribution in [0.4, 0.5) is 5.69 Å². The van der Waals surface area contributed by atoms with Crippen LogP contribution >= 0.6 is 0 Å².